The van der Waals surface area contributed by atoms with E-state index < -0.39 is 0 Å². The van der Waals surface area contributed by atoms with Gasteiger partial charge in [-0.1, -0.05) is 74.5 Å². The third-order valence-corrected chi connectivity index (χ3v) is 6.79. The van der Waals surface area contributed by atoms with Crippen molar-refractivity contribution in [3.05, 3.63) is 90.0 Å². The lowest BCUT2D eigenvalue weighted by molar-refractivity contribution is 0.629. The molecule has 3 heterocycles. The Kier molecular flexibility index (Phi) is 2.60. The van der Waals surface area contributed by atoms with Crippen molar-refractivity contribution in [2.45, 2.75) is 19.3 Å². The maximum absolute atomic E-state index is 6.45. The summed E-state index contributed by atoms with van der Waals surface area (Å²) in [4.78, 5) is 0. The maximum atomic E-state index is 6.45. The quantitative estimate of drug-likeness (QED) is 0.273. The fraction of sp³-hybridized carbons (Fsp3) is 0.111. The van der Waals surface area contributed by atoms with E-state index >= 15 is 0 Å². The fourth-order valence-corrected chi connectivity index (χ4v) is 5.42. The smallest absolute Gasteiger partial charge is 0.160 e. The first-order valence-electron chi connectivity index (χ1n) is 10.1. The van der Waals surface area contributed by atoms with E-state index in [1.807, 2.05) is 6.07 Å². The second-order valence-electron chi connectivity index (χ2n) is 8.62. The van der Waals surface area contributed by atoms with Gasteiger partial charge in [0.25, 0.3) is 0 Å². The van der Waals surface area contributed by atoms with Gasteiger partial charge in [0.05, 0.1) is 16.7 Å². The van der Waals surface area contributed by atoms with Gasteiger partial charge >= 0.3 is 0 Å². The molecule has 0 atom stereocenters. The average molecular weight is 373 g/mol. The summed E-state index contributed by atoms with van der Waals surface area (Å²) < 4.78 is 8.88. The highest BCUT2D eigenvalue weighted by Gasteiger charge is 2.35. The van der Waals surface area contributed by atoms with E-state index in [2.05, 4.69) is 91.2 Å². The molecule has 0 saturated heterocycles. The normalized spacial score (nSPS) is 14.8. The molecule has 0 aliphatic carbocycles. The van der Waals surface area contributed by atoms with Crippen LogP contribution in [0.5, 0.6) is 0 Å². The molecule has 1 aliphatic rings. The summed E-state index contributed by atoms with van der Waals surface area (Å²) >= 11 is 0. The van der Waals surface area contributed by atoms with Crippen LogP contribution >= 0.6 is 0 Å². The molecule has 0 amide bonds. The van der Waals surface area contributed by atoms with Crippen molar-refractivity contribution in [3.63, 3.8) is 0 Å². The highest BCUT2D eigenvalue weighted by Crippen LogP contribution is 2.49. The van der Waals surface area contributed by atoms with Crippen LogP contribution in [0.25, 0.3) is 49.4 Å². The highest BCUT2D eigenvalue weighted by atomic mass is 16.3. The number of fused-ring (bicyclic) bond motifs is 9. The topological polar surface area (TPSA) is 18.1 Å². The SMILES string of the molecule is CC1(C)c2ccccc2-n2c3c1cccc3c1ccc3c4ccccc4oc3c12. The van der Waals surface area contributed by atoms with Crippen LogP contribution < -0.4 is 0 Å². The van der Waals surface area contributed by atoms with Crippen molar-refractivity contribution >= 4 is 43.7 Å². The lowest BCUT2D eigenvalue weighted by Gasteiger charge is -2.34. The molecule has 0 fully saturated rings. The molecule has 4 aromatic carbocycles. The summed E-state index contributed by atoms with van der Waals surface area (Å²) in [5.74, 6) is 0. The summed E-state index contributed by atoms with van der Waals surface area (Å²) in [6.45, 7) is 4.66. The standard InChI is InChI=1S/C27H19NO/c1-27(2)20-10-4-5-12-22(20)28-24-17(9-7-11-21(24)27)18-14-15-19-16-8-3-6-13-23(16)29-26(19)25(18)28/h3-15H,1-2H3. The van der Waals surface area contributed by atoms with Gasteiger partial charge in [-0.25, -0.2) is 0 Å². The van der Waals surface area contributed by atoms with Gasteiger partial charge in [0.2, 0.25) is 0 Å². The van der Waals surface area contributed by atoms with E-state index in [1.54, 1.807) is 0 Å². The lowest BCUT2D eigenvalue weighted by Crippen LogP contribution is -2.26. The molecular weight excluding hydrogens is 354 g/mol. The number of benzene rings is 4. The largest absolute Gasteiger partial charge is 0.454 e. The van der Waals surface area contributed by atoms with Crippen molar-refractivity contribution in [2.24, 2.45) is 0 Å². The second kappa shape index (κ2) is 4.90. The monoisotopic (exact) mass is 373 g/mol. The van der Waals surface area contributed by atoms with Crippen LogP contribution in [0.15, 0.2) is 83.3 Å². The van der Waals surface area contributed by atoms with Gasteiger partial charge in [0.15, 0.2) is 5.58 Å². The first kappa shape index (κ1) is 15.4. The molecule has 7 rings (SSSR count). The number of furan rings is 1. The molecule has 0 bridgehead atoms. The van der Waals surface area contributed by atoms with E-state index in [0.717, 1.165) is 11.2 Å². The third kappa shape index (κ3) is 1.69. The number of hydrogen-bond acceptors (Lipinski definition) is 1. The molecule has 2 nitrogen and oxygen atoms in total. The molecule has 0 N–H and O–H groups in total. The van der Waals surface area contributed by atoms with Crippen LogP contribution in [0.2, 0.25) is 0 Å². The second-order valence-corrected chi connectivity index (χ2v) is 8.62. The van der Waals surface area contributed by atoms with Gasteiger partial charge in [-0.3, -0.25) is 0 Å². The fourth-order valence-electron chi connectivity index (χ4n) is 5.42. The first-order chi connectivity index (χ1) is 14.2. The van der Waals surface area contributed by atoms with E-state index in [-0.39, 0.29) is 5.41 Å². The summed E-state index contributed by atoms with van der Waals surface area (Å²) in [7, 11) is 0. The van der Waals surface area contributed by atoms with Gasteiger partial charge in [0.1, 0.15) is 5.58 Å². The van der Waals surface area contributed by atoms with Crippen LogP contribution in [0.1, 0.15) is 25.0 Å². The van der Waals surface area contributed by atoms with Crippen LogP contribution in [-0.4, -0.2) is 4.57 Å². The first-order valence-corrected chi connectivity index (χ1v) is 10.1. The predicted molar refractivity (Wildman–Crippen MR) is 120 cm³/mol. The summed E-state index contributed by atoms with van der Waals surface area (Å²) in [6, 6.07) is 28.3. The van der Waals surface area contributed by atoms with Crippen molar-refractivity contribution in [2.75, 3.05) is 0 Å². The zero-order valence-electron chi connectivity index (χ0n) is 16.4. The zero-order chi connectivity index (χ0) is 19.3. The van der Waals surface area contributed by atoms with Gasteiger partial charge in [-0.2, -0.15) is 0 Å². The van der Waals surface area contributed by atoms with Crippen LogP contribution in [0.3, 0.4) is 0 Å². The van der Waals surface area contributed by atoms with E-state index in [9.17, 15) is 0 Å². The number of rotatable bonds is 0. The van der Waals surface area contributed by atoms with Crippen LogP contribution in [-0.2, 0) is 5.41 Å². The van der Waals surface area contributed by atoms with Crippen molar-refractivity contribution < 1.29 is 4.42 Å². The Labute approximate surface area is 168 Å². The Bertz CT molecular complexity index is 1630. The molecule has 138 valence electrons. The maximum Gasteiger partial charge on any atom is 0.160 e. The zero-order valence-corrected chi connectivity index (χ0v) is 16.4. The Morgan fingerprint density at radius 2 is 1.31 bits per heavy atom. The number of aromatic nitrogens is 1. The Hall–Kier alpha value is -3.52. The van der Waals surface area contributed by atoms with Gasteiger partial charge < -0.3 is 8.98 Å². The van der Waals surface area contributed by atoms with Crippen molar-refractivity contribution in [1.29, 1.82) is 0 Å². The lowest BCUT2D eigenvalue weighted by atomic mass is 9.75. The Balaban J connectivity index is 1.83. The molecule has 2 heteroatoms. The summed E-state index contributed by atoms with van der Waals surface area (Å²) in [5, 5.41) is 4.89. The molecule has 0 spiro atoms. The van der Waals surface area contributed by atoms with Gasteiger partial charge in [0, 0.05) is 27.0 Å². The van der Waals surface area contributed by atoms with Gasteiger partial charge in [-0.15, -0.1) is 0 Å². The highest BCUT2D eigenvalue weighted by molar-refractivity contribution is 6.22. The number of nitrogens with zero attached hydrogens (tertiary/aromatic N) is 1. The summed E-state index contributed by atoms with van der Waals surface area (Å²) in [5.41, 5.74) is 8.32. The molecule has 0 saturated carbocycles. The minimum absolute atomic E-state index is 0.0481. The predicted octanol–water partition coefficient (Wildman–Crippen LogP) is 7.32. The minimum Gasteiger partial charge on any atom is -0.454 e. The van der Waals surface area contributed by atoms with Crippen LogP contribution in [0.4, 0.5) is 0 Å². The molecule has 29 heavy (non-hydrogen) atoms. The molecular formula is C27H19NO. The van der Waals surface area contributed by atoms with E-state index in [1.165, 1.54) is 49.4 Å². The van der Waals surface area contributed by atoms with Crippen molar-refractivity contribution in [3.8, 4) is 5.69 Å². The molecule has 0 radical (unpaired) electrons. The minimum atomic E-state index is -0.0481. The third-order valence-electron chi connectivity index (χ3n) is 6.79. The van der Waals surface area contributed by atoms with E-state index in [0.29, 0.717) is 0 Å². The van der Waals surface area contributed by atoms with E-state index in [4.69, 9.17) is 4.42 Å². The van der Waals surface area contributed by atoms with Crippen LogP contribution in [0, 0.1) is 0 Å². The van der Waals surface area contributed by atoms with Crippen molar-refractivity contribution in [1.82, 2.24) is 4.57 Å². The molecule has 6 aromatic rings. The molecule has 0 unspecified atom stereocenters. The Morgan fingerprint density at radius 1 is 0.621 bits per heavy atom. The average Bonchev–Trinajstić information content (AvgIpc) is 3.29. The molecule has 1 aliphatic heterocycles. The van der Waals surface area contributed by atoms with Gasteiger partial charge in [-0.05, 0) is 29.3 Å². The molecule has 2 aromatic heterocycles. The summed E-state index contributed by atoms with van der Waals surface area (Å²) in [6.07, 6.45) is 0. The number of hydrogen-bond donors (Lipinski definition) is 0. The Morgan fingerprint density at radius 3 is 2.24 bits per heavy atom. The number of para-hydroxylation sites is 3.